The fraction of sp³-hybridized carbons (Fsp3) is 0.222. The van der Waals surface area contributed by atoms with Gasteiger partial charge in [0.1, 0.15) is 11.6 Å². The van der Waals surface area contributed by atoms with Crippen LogP contribution in [0.1, 0.15) is 0 Å². The van der Waals surface area contributed by atoms with Crippen LogP contribution in [-0.2, 0) is 6.54 Å². The third-order valence-electron chi connectivity index (χ3n) is 1.89. The van der Waals surface area contributed by atoms with E-state index in [-0.39, 0.29) is 0 Å². The Morgan fingerprint density at radius 2 is 2.27 bits per heavy atom. The molecule has 0 radical (unpaired) electrons. The van der Waals surface area contributed by atoms with E-state index in [1.807, 2.05) is 16.9 Å². The van der Waals surface area contributed by atoms with Gasteiger partial charge < -0.3 is 11.1 Å². The number of nitrogen functional groups attached to an aromatic ring is 1. The van der Waals surface area contributed by atoms with Gasteiger partial charge in [-0.2, -0.15) is 5.10 Å². The van der Waals surface area contributed by atoms with Gasteiger partial charge in [0.05, 0.1) is 6.54 Å². The van der Waals surface area contributed by atoms with Gasteiger partial charge in [0.2, 0.25) is 0 Å². The highest BCUT2D eigenvalue weighted by Gasteiger charge is 1.94. The highest BCUT2D eigenvalue weighted by molar-refractivity contribution is 5.38. The standard InChI is InChI=1S/C9H12N6/c10-8-2-3-9(14-13-8)11-5-7-15-6-1-4-12-15/h1-4,6H,5,7H2,(H2,10,13)(H,11,14). The molecule has 0 fully saturated rings. The smallest absolute Gasteiger partial charge is 0.148 e. The van der Waals surface area contributed by atoms with Crippen LogP contribution >= 0.6 is 0 Å². The zero-order chi connectivity index (χ0) is 10.5. The van der Waals surface area contributed by atoms with Crippen LogP contribution in [0.5, 0.6) is 0 Å². The van der Waals surface area contributed by atoms with Crippen LogP contribution < -0.4 is 11.1 Å². The van der Waals surface area contributed by atoms with Gasteiger partial charge in [0.25, 0.3) is 0 Å². The van der Waals surface area contributed by atoms with E-state index in [1.165, 1.54) is 0 Å². The molecule has 2 aromatic rings. The fourth-order valence-electron chi connectivity index (χ4n) is 1.17. The SMILES string of the molecule is Nc1ccc(NCCn2cccn2)nn1. The summed E-state index contributed by atoms with van der Waals surface area (Å²) in [5.74, 6) is 1.14. The highest BCUT2D eigenvalue weighted by Crippen LogP contribution is 2.01. The Morgan fingerprint density at radius 1 is 1.33 bits per heavy atom. The highest BCUT2D eigenvalue weighted by atomic mass is 15.3. The molecule has 0 amide bonds. The summed E-state index contributed by atoms with van der Waals surface area (Å²) < 4.78 is 1.84. The van der Waals surface area contributed by atoms with Gasteiger partial charge >= 0.3 is 0 Å². The summed E-state index contributed by atoms with van der Waals surface area (Å²) in [6.07, 6.45) is 3.67. The second kappa shape index (κ2) is 4.41. The van der Waals surface area contributed by atoms with E-state index in [0.29, 0.717) is 5.82 Å². The molecule has 0 aliphatic heterocycles. The van der Waals surface area contributed by atoms with Crippen LogP contribution in [0.15, 0.2) is 30.6 Å². The lowest BCUT2D eigenvalue weighted by Gasteiger charge is -2.04. The van der Waals surface area contributed by atoms with E-state index in [0.717, 1.165) is 18.9 Å². The molecule has 2 rings (SSSR count). The first kappa shape index (κ1) is 9.45. The normalized spacial score (nSPS) is 10.1. The molecule has 0 atom stereocenters. The molecule has 6 heteroatoms. The van der Waals surface area contributed by atoms with Gasteiger partial charge in [-0.3, -0.25) is 4.68 Å². The minimum Gasteiger partial charge on any atom is -0.382 e. The third-order valence-corrected chi connectivity index (χ3v) is 1.89. The first-order chi connectivity index (χ1) is 7.34. The van der Waals surface area contributed by atoms with Crippen LogP contribution in [0.3, 0.4) is 0 Å². The summed E-state index contributed by atoms with van der Waals surface area (Å²) >= 11 is 0. The monoisotopic (exact) mass is 204 g/mol. The molecule has 0 unspecified atom stereocenters. The molecule has 2 aromatic heterocycles. The maximum absolute atomic E-state index is 5.42. The van der Waals surface area contributed by atoms with Crippen molar-refractivity contribution in [2.24, 2.45) is 0 Å². The number of nitrogens with zero attached hydrogens (tertiary/aromatic N) is 4. The molecule has 2 heterocycles. The lowest BCUT2D eigenvalue weighted by atomic mass is 10.5. The van der Waals surface area contributed by atoms with Crippen molar-refractivity contribution in [1.29, 1.82) is 0 Å². The first-order valence-electron chi connectivity index (χ1n) is 4.65. The number of aromatic nitrogens is 4. The van der Waals surface area contributed by atoms with Crippen LogP contribution in [0, 0.1) is 0 Å². The molecule has 0 spiro atoms. The summed E-state index contributed by atoms with van der Waals surface area (Å²) in [7, 11) is 0. The van der Waals surface area contributed by atoms with E-state index in [2.05, 4.69) is 20.6 Å². The Hall–Kier alpha value is -2.11. The third kappa shape index (κ3) is 2.67. The molecule has 6 nitrogen and oxygen atoms in total. The van der Waals surface area contributed by atoms with Gasteiger partial charge in [0, 0.05) is 18.9 Å². The van der Waals surface area contributed by atoms with Crippen molar-refractivity contribution in [2.75, 3.05) is 17.6 Å². The Kier molecular flexibility index (Phi) is 2.77. The molecular formula is C9H12N6. The van der Waals surface area contributed by atoms with Crippen LogP contribution in [-0.4, -0.2) is 26.5 Å². The average molecular weight is 204 g/mol. The van der Waals surface area contributed by atoms with E-state index in [1.54, 1.807) is 18.3 Å². The number of nitrogens with one attached hydrogen (secondary N) is 1. The first-order valence-corrected chi connectivity index (χ1v) is 4.65. The maximum atomic E-state index is 5.42. The van der Waals surface area contributed by atoms with Crippen molar-refractivity contribution in [2.45, 2.75) is 6.54 Å². The molecule has 0 aromatic carbocycles. The average Bonchev–Trinajstić information content (AvgIpc) is 2.74. The predicted molar refractivity (Wildman–Crippen MR) is 57.2 cm³/mol. The number of rotatable bonds is 4. The molecule has 78 valence electrons. The van der Waals surface area contributed by atoms with Crippen molar-refractivity contribution >= 4 is 11.6 Å². The van der Waals surface area contributed by atoms with Crippen LogP contribution in [0.2, 0.25) is 0 Å². The van der Waals surface area contributed by atoms with E-state index in [9.17, 15) is 0 Å². The Balaban J connectivity index is 1.81. The van der Waals surface area contributed by atoms with E-state index >= 15 is 0 Å². The molecule has 0 aliphatic rings. The summed E-state index contributed by atoms with van der Waals surface area (Å²) in [4.78, 5) is 0. The van der Waals surface area contributed by atoms with Gasteiger partial charge in [-0.15, -0.1) is 10.2 Å². The van der Waals surface area contributed by atoms with Crippen LogP contribution in [0.4, 0.5) is 11.6 Å². The summed E-state index contributed by atoms with van der Waals surface area (Å²) in [6.45, 7) is 1.54. The molecule has 0 saturated carbocycles. The number of nitrogens with two attached hydrogens (primary N) is 1. The lowest BCUT2D eigenvalue weighted by Crippen LogP contribution is -2.12. The topological polar surface area (TPSA) is 81.6 Å². The minimum atomic E-state index is 0.424. The maximum Gasteiger partial charge on any atom is 0.148 e. The van der Waals surface area contributed by atoms with E-state index < -0.39 is 0 Å². The molecular weight excluding hydrogens is 192 g/mol. The lowest BCUT2D eigenvalue weighted by molar-refractivity contribution is 0.636. The number of anilines is 2. The fourth-order valence-corrected chi connectivity index (χ4v) is 1.17. The molecule has 3 N–H and O–H groups in total. The van der Waals surface area contributed by atoms with Crippen LogP contribution in [0.25, 0.3) is 0 Å². The van der Waals surface area contributed by atoms with Crippen molar-refractivity contribution in [3.8, 4) is 0 Å². The summed E-state index contributed by atoms with van der Waals surface area (Å²) in [6, 6.07) is 5.40. The van der Waals surface area contributed by atoms with Crippen molar-refractivity contribution in [1.82, 2.24) is 20.0 Å². The second-order valence-electron chi connectivity index (χ2n) is 3.04. The number of hydrogen-bond acceptors (Lipinski definition) is 5. The Labute approximate surface area is 87.1 Å². The van der Waals surface area contributed by atoms with Gasteiger partial charge in [-0.25, -0.2) is 0 Å². The molecule has 0 aliphatic carbocycles. The molecule has 15 heavy (non-hydrogen) atoms. The largest absolute Gasteiger partial charge is 0.382 e. The quantitative estimate of drug-likeness (QED) is 0.751. The summed E-state index contributed by atoms with van der Waals surface area (Å²) in [5, 5.41) is 14.8. The predicted octanol–water partition coefficient (Wildman–Crippen LogP) is 0.367. The Bertz CT molecular complexity index is 393. The zero-order valence-corrected chi connectivity index (χ0v) is 8.17. The van der Waals surface area contributed by atoms with Crippen molar-refractivity contribution in [3.63, 3.8) is 0 Å². The van der Waals surface area contributed by atoms with Gasteiger partial charge in [-0.1, -0.05) is 0 Å². The van der Waals surface area contributed by atoms with Gasteiger partial charge in [0.15, 0.2) is 0 Å². The summed E-state index contributed by atoms with van der Waals surface area (Å²) in [5.41, 5.74) is 5.42. The van der Waals surface area contributed by atoms with Crippen molar-refractivity contribution in [3.05, 3.63) is 30.6 Å². The minimum absolute atomic E-state index is 0.424. The number of hydrogen-bond donors (Lipinski definition) is 2. The van der Waals surface area contributed by atoms with Gasteiger partial charge in [-0.05, 0) is 18.2 Å². The van der Waals surface area contributed by atoms with E-state index in [4.69, 9.17) is 5.73 Å². The molecule has 0 saturated heterocycles. The zero-order valence-electron chi connectivity index (χ0n) is 8.17. The van der Waals surface area contributed by atoms with Crippen molar-refractivity contribution < 1.29 is 0 Å². The second-order valence-corrected chi connectivity index (χ2v) is 3.04. The molecule has 0 bridgehead atoms. The Morgan fingerprint density at radius 3 is 2.93 bits per heavy atom.